The molecule has 6 nitrogen and oxygen atoms in total. The van der Waals surface area contributed by atoms with Crippen LogP contribution in [0.1, 0.15) is 22.8 Å². The van der Waals surface area contributed by atoms with Crippen molar-refractivity contribution in [1.29, 1.82) is 0 Å². The average molecular weight is 363 g/mol. The van der Waals surface area contributed by atoms with E-state index in [9.17, 15) is 13.2 Å². The number of sulfone groups is 1. The van der Waals surface area contributed by atoms with Gasteiger partial charge in [-0.25, -0.2) is 8.42 Å². The zero-order chi connectivity index (χ0) is 18.4. The second kappa shape index (κ2) is 8.02. The summed E-state index contributed by atoms with van der Waals surface area (Å²) in [6, 6.07) is 11.3. The number of carbonyl (C=O) groups excluding carboxylic acids is 1. The monoisotopic (exact) mass is 363 g/mol. The van der Waals surface area contributed by atoms with Crippen LogP contribution in [0.4, 0.5) is 0 Å². The molecule has 0 atom stereocenters. The highest BCUT2D eigenvalue weighted by Gasteiger charge is 2.13. The molecule has 134 valence electrons. The Hall–Kier alpha value is -2.54. The van der Waals surface area contributed by atoms with Crippen molar-refractivity contribution in [2.75, 3.05) is 20.0 Å². The van der Waals surface area contributed by atoms with E-state index in [4.69, 9.17) is 9.47 Å². The lowest BCUT2D eigenvalue weighted by atomic mass is 10.1. The molecule has 0 aliphatic rings. The quantitative estimate of drug-likeness (QED) is 0.817. The van der Waals surface area contributed by atoms with Crippen LogP contribution >= 0.6 is 0 Å². The minimum atomic E-state index is -3.27. The van der Waals surface area contributed by atoms with Crippen LogP contribution in [0.3, 0.4) is 0 Å². The number of ether oxygens (including phenoxy) is 2. The Morgan fingerprint density at radius 2 is 1.64 bits per heavy atom. The highest BCUT2D eigenvalue weighted by Crippen LogP contribution is 2.27. The third-order valence-electron chi connectivity index (χ3n) is 3.76. The molecule has 0 radical (unpaired) electrons. The van der Waals surface area contributed by atoms with Crippen LogP contribution in [-0.4, -0.2) is 34.3 Å². The summed E-state index contributed by atoms with van der Waals surface area (Å²) >= 11 is 0. The van der Waals surface area contributed by atoms with E-state index in [1.807, 2.05) is 6.07 Å². The molecule has 0 spiro atoms. The molecule has 0 unspecified atom stereocenters. The van der Waals surface area contributed by atoms with Gasteiger partial charge < -0.3 is 14.8 Å². The van der Waals surface area contributed by atoms with Crippen LogP contribution in [0.2, 0.25) is 0 Å². The zero-order valence-corrected chi connectivity index (χ0v) is 15.2. The van der Waals surface area contributed by atoms with E-state index in [1.54, 1.807) is 33.3 Å². The van der Waals surface area contributed by atoms with Gasteiger partial charge in [-0.05, 0) is 42.0 Å². The van der Waals surface area contributed by atoms with Gasteiger partial charge >= 0.3 is 0 Å². The molecular weight excluding hydrogens is 342 g/mol. The fourth-order valence-electron chi connectivity index (χ4n) is 2.26. The number of amides is 1. The van der Waals surface area contributed by atoms with Gasteiger partial charge in [0, 0.05) is 12.1 Å². The number of rotatable bonds is 7. The van der Waals surface area contributed by atoms with Crippen molar-refractivity contribution in [2.24, 2.45) is 0 Å². The molecule has 1 N–H and O–H groups in total. The molecule has 2 rings (SSSR count). The topological polar surface area (TPSA) is 81.7 Å². The van der Waals surface area contributed by atoms with Crippen molar-refractivity contribution in [3.8, 4) is 11.5 Å². The van der Waals surface area contributed by atoms with Gasteiger partial charge in [0.25, 0.3) is 5.91 Å². The first-order chi connectivity index (χ1) is 11.9. The Labute approximate surface area is 147 Å². The highest BCUT2D eigenvalue weighted by molar-refractivity contribution is 7.91. The van der Waals surface area contributed by atoms with Gasteiger partial charge in [0.2, 0.25) is 0 Å². The summed E-state index contributed by atoms with van der Waals surface area (Å²) in [7, 11) is -0.163. The SMILES string of the molecule is CCS(=O)(=O)c1ccc(C(=O)NCc2ccc(OC)c(OC)c2)cc1. The van der Waals surface area contributed by atoms with Crippen molar-refractivity contribution in [3.63, 3.8) is 0 Å². The van der Waals surface area contributed by atoms with Gasteiger partial charge in [-0.15, -0.1) is 0 Å². The van der Waals surface area contributed by atoms with Gasteiger partial charge in [-0.2, -0.15) is 0 Å². The lowest BCUT2D eigenvalue weighted by Crippen LogP contribution is -2.22. The van der Waals surface area contributed by atoms with Crippen LogP contribution < -0.4 is 14.8 Å². The zero-order valence-electron chi connectivity index (χ0n) is 14.4. The highest BCUT2D eigenvalue weighted by atomic mass is 32.2. The number of hydrogen-bond donors (Lipinski definition) is 1. The van der Waals surface area contributed by atoms with Gasteiger partial charge in [0.15, 0.2) is 21.3 Å². The van der Waals surface area contributed by atoms with Crippen molar-refractivity contribution in [2.45, 2.75) is 18.4 Å². The van der Waals surface area contributed by atoms with E-state index < -0.39 is 9.84 Å². The van der Waals surface area contributed by atoms with Crippen LogP contribution in [0, 0.1) is 0 Å². The molecule has 0 saturated carbocycles. The van der Waals surface area contributed by atoms with E-state index in [1.165, 1.54) is 24.3 Å². The number of hydrogen-bond acceptors (Lipinski definition) is 5. The number of methoxy groups -OCH3 is 2. The summed E-state index contributed by atoms with van der Waals surface area (Å²) in [5.74, 6) is 0.946. The number of nitrogens with one attached hydrogen (secondary N) is 1. The summed E-state index contributed by atoms with van der Waals surface area (Å²) in [5, 5.41) is 2.79. The molecule has 25 heavy (non-hydrogen) atoms. The fraction of sp³-hybridized carbons (Fsp3) is 0.278. The largest absolute Gasteiger partial charge is 0.493 e. The van der Waals surface area contributed by atoms with E-state index in [-0.39, 0.29) is 16.6 Å². The molecule has 0 aromatic heterocycles. The maximum Gasteiger partial charge on any atom is 0.251 e. The maximum atomic E-state index is 12.2. The third kappa shape index (κ3) is 4.51. The van der Waals surface area contributed by atoms with Crippen LogP contribution in [0.25, 0.3) is 0 Å². The van der Waals surface area contributed by atoms with E-state index >= 15 is 0 Å². The summed E-state index contributed by atoms with van der Waals surface area (Å²) in [6.07, 6.45) is 0. The first-order valence-corrected chi connectivity index (χ1v) is 9.38. The molecule has 0 bridgehead atoms. The second-order valence-electron chi connectivity index (χ2n) is 5.30. The standard InChI is InChI=1S/C18H21NO5S/c1-4-25(21,22)15-8-6-14(7-9-15)18(20)19-12-13-5-10-16(23-2)17(11-13)24-3/h5-11H,4,12H2,1-3H3,(H,19,20). The maximum absolute atomic E-state index is 12.2. The van der Waals surface area contributed by atoms with E-state index in [0.29, 0.717) is 23.6 Å². The van der Waals surface area contributed by atoms with Crippen molar-refractivity contribution < 1.29 is 22.7 Å². The smallest absolute Gasteiger partial charge is 0.251 e. The Morgan fingerprint density at radius 3 is 2.20 bits per heavy atom. The van der Waals surface area contributed by atoms with Gasteiger partial charge in [0.05, 0.1) is 24.9 Å². The normalized spacial score (nSPS) is 11.0. The summed E-state index contributed by atoms with van der Waals surface area (Å²) in [4.78, 5) is 12.4. The Bertz CT molecular complexity index is 844. The van der Waals surface area contributed by atoms with Crippen LogP contribution in [0.15, 0.2) is 47.4 Å². The third-order valence-corrected chi connectivity index (χ3v) is 5.51. The molecule has 7 heteroatoms. The lowest BCUT2D eigenvalue weighted by molar-refractivity contribution is 0.0950. The Morgan fingerprint density at radius 1 is 1.00 bits per heavy atom. The average Bonchev–Trinajstić information content (AvgIpc) is 2.65. The van der Waals surface area contributed by atoms with Crippen LogP contribution in [-0.2, 0) is 16.4 Å². The molecule has 2 aromatic carbocycles. The van der Waals surface area contributed by atoms with Crippen molar-refractivity contribution in [3.05, 3.63) is 53.6 Å². The molecule has 0 fully saturated rings. The summed E-state index contributed by atoms with van der Waals surface area (Å²) < 4.78 is 34.0. The molecular formula is C18H21NO5S. The van der Waals surface area contributed by atoms with Crippen molar-refractivity contribution in [1.82, 2.24) is 5.32 Å². The Balaban J connectivity index is 2.05. The van der Waals surface area contributed by atoms with E-state index in [0.717, 1.165) is 5.56 Å². The Kier molecular flexibility index (Phi) is 6.03. The number of benzene rings is 2. The summed E-state index contributed by atoms with van der Waals surface area (Å²) in [6.45, 7) is 1.90. The van der Waals surface area contributed by atoms with E-state index in [2.05, 4.69) is 5.32 Å². The first kappa shape index (κ1) is 18.8. The minimum absolute atomic E-state index is 0.0256. The number of carbonyl (C=O) groups is 1. The fourth-order valence-corrected chi connectivity index (χ4v) is 3.14. The molecule has 0 aliphatic heterocycles. The first-order valence-electron chi connectivity index (χ1n) is 7.73. The second-order valence-corrected chi connectivity index (χ2v) is 7.58. The predicted octanol–water partition coefficient (Wildman–Crippen LogP) is 2.43. The lowest BCUT2D eigenvalue weighted by Gasteiger charge is -2.10. The van der Waals surface area contributed by atoms with Gasteiger partial charge in [-0.1, -0.05) is 13.0 Å². The molecule has 2 aromatic rings. The predicted molar refractivity (Wildman–Crippen MR) is 94.9 cm³/mol. The molecule has 0 aliphatic carbocycles. The van der Waals surface area contributed by atoms with Crippen molar-refractivity contribution >= 4 is 15.7 Å². The minimum Gasteiger partial charge on any atom is -0.493 e. The van der Waals surface area contributed by atoms with Gasteiger partial charge in [0.1, 0.15) is 0 Å². The van der Waals surface area contributed by atoms with Crippen LogP contribution in [0.5, 0.6) is 11.5 Å². The summed E-state index contributed by atoms with van der Waals surface area (Å²) in [5.41, 5.74) is 1.26. The molecule has 0 saturated heterocycles. The van der Waals surface area contributed by atoms with Gasteiger partial charge in [-0.3, -0.25) is 4.79 Å². The molecule has 1 amide bonds. The molecule has 0 heterocycles.